The molecule has 1 aliphatic rings. The average molecular weight is 403 g/mol. The molecule has 0 spiro atoms. The molecule has 140 valence electrons. The van der Waals surface area contributed by atoms with Crippen LogP contribution in [0.25, 0.3) is 10.6 Å². The second-order valence-electron chi connectivity index (χ2n) is 6.04. The molecule has 0 radical (unpaired) electrons. The van der Waals surface area contributed by atoms with Gasteiger partial charge in [0.25, 0.3) is 0 Å². The summed E-state index contributed by atoms with van der Waals surface area (Å²) < 4.78 is 10.8. The van der Waals surface area contributed by atoms with Crippen molar-refractivity contribution in [2.75, 3.05) is 19.0 Å². The lowest BCUT2D eigenvalue weighted by Crippen LogP contribution is -2.14. The summed E-state index contributed by atoms with van der Waals surface area (Å²) in [5.74, 6) is 0.644. The topological polar surface area (TPSA) is 86.2 Å². The molecule has 0 aliphatic carbocycles. The fourth-order valence-corrected chi connectivity index (χ4v) is 4.44. The Morgan fingerprint density at radius 1 is 1.33 bits per heavy atom. The number of anilines is 1. The summed E-state index contributed by atoms with van der Waals surface area (Å²) in [7, 11) is 1.64. The second kappa shape index (κ2) is 8.12. The smallest absolute Gasteiger partial charge is 0.232 e. The van der Waals surface area contributed by atoms with Crippen LogP contribution >= 0.6 is 22.7 Å². The van der Waals surface area contributed by atoms with Gasteiger partial charge in [-0.2, -0.15) is 0 Å². The Balaban J connectivity index is 1.36. The van der Waals surface area contributed by atoms with Crippen LogP contribution in [0.1, 0.15) is 29.6 Å². The molecule has 0 unspecified atom stereocenters. The molecule has 2 aromatic heterocycles. The van der Waals surface area contributed by atoms with E-state index in [2.05, 4.69) is 20.5 Å². The summed E-state index contributed by atoms with van der Waals surface area (Å²) in [6, 6.07) is 7.69. The maximum atomic E-state index is 12.3. The molecule has 1 amide bonds. The van der Waals surface area contributed by atoms with Crippen LogP contribution in [0.3, 0.4) is 0 Å². The van der Waals surface area contributed by atoms with Crippen LogP contribution in [0, 0.1) is 0 Å². The lowest BCUT2D eigenvalue weighted by atomic mass is 10.2. The third-order valence-electron chi connectivity index (χ3n) is 4.12. The van der Waals surface area contributed by atoms with Gasteiger partial charge in [-0.15, -0.1) is 21.5 Å². The first kappa shape index (κ1) is 18.0. The number of carbonyl (C=O) groups excluding carboxylic acids is 1. The predicted octanol–water partition coefficient (Wildman–Crippen LogP) is 3.70. The summed E-state index contributed by atoms with van der Waals surface area (Å²) in [5.41, 5.74) is 1.73. The van der Waals surface area contributed by atoms with Gasteiger partial charge in [-0.1, -0.05) is 11.3 Å². The van der Waals surface area contributed by atoms with E-state index in [4.69, 9.17) is 9.47 Å². The Morgan fingerprint density at radius 2 is 2.19 bits per heavy atom. The molecule has 0 bridgehead atoms. The minimum absolute atomic E-state index is 0.0127. The number of hydrogen-bond donors (Lipinski definition) is 1. The molecule has 9 heteroatoms. The number of nitrogens with one attached hydrogen (secondary N) is 1. The van der Waals surface area contributed by atoms with Crippen LogP contribution < -0.4 is 10.1 Å². The first-order chi connectivity index (χ1) is 13.2. The van der Waals surface area contributed by atoms with Crippen molar-refractivity contribution in [3.63, 3.8) is 0 Å². The molecule has 1 aliphatic heterocycles. The molecule has 7 nitrogen and oxygen atoms in total. The zero-order valence-electron chi connectivity index (χ0n) is 14.7. The van der Waals surface area contributed by atoms with Crippen LogP contribution in [0.2, 0.25) is 0 Å². The van der Waals surface area contributed by atoms with E-state index < -0.39 is 0 Å². The summed E-state index contributed by atoms with van der Waals surface area (Å²) in [6.45, 7) is 0.756. The van der Waals surface area contributed by atoms with Gasteiger partial charge in [0.15, 0.2) is 0 Å². The highest BCUT2D eigenvalue weighted by Crippen LogP contribution is 2.32. The zero-order valence-corrected chi connectivity index (χ0v) is 16.3. The normalized spacial score (nSPS) is 16.4. The van der Waals surface area contributed by atoms with Crippen molar-refractivity contribution in [1.29, 1.82) is 0 Å². The number of amides is 1. The molecule has 0 saturated carbocycles. The van der Waals surface area contributed by atoms with Crippen LogP contribution in [0.15, 0.2) is 29.6 Å². The van der Waals surface area contributed by atoms with Gasteiger partial charge in [-0.25, -0.2) is 4.98 Å². The van der Waals surface area contributed by atoms with Crippen molar-refractivity contribution < 1.29 is 14.3 Å². The van der Waals surface area contributed by atoms with Crippen LogP contribution in [0.4, 0.5) is 5.13 Å². The number of aromatic nitrogens is 3. The summed E-state index contributed by atoms with van der Waals surface area (Å²) in [4.78, 5) is 16.8. The van der Waals surface area contributed by atoms with Gasteiger partial charge in [-0.3, -0.25) is 4.79 Å². The lowest BCUT2D eigenvalue weighted by molar-refractivity contribution is -0.115. The van der Waals surface area contributed by atoms with E-state index in [0.717, 1.165) is 46.5 Å². The predicted molar refractivity (Wildman–Crippen MR) is 104 cm³/mol. The molecular weight excluding hydrogens is 384 g/mol. The quantitative estimate of drug-likeness (QED) is 0.677. The molecule has 4 rings (SSSR count). The Labute approximate surface area is 164 Å². The molecule has 1 aromatic carbocycles. The number of hydrogen-bond acceptors (Lipinski definition) is 8. The highest BCUT2D eigenvalue weighted by Gasteiger charge is 2.22. The van der Waals surface area contributed by atoms with E-state index in [1.54, 1.807) is 7.11 Å². The minimum Gasteiger partial charge on any atom is -0.497 e. The van der Waals surface area contributed by atoms with Gasteiger partial charge in [0.05, 0.1) is 19.2 Å². The SMILES string of the molecule is COc1ccc(-c2nc(CC(=O)Nc3nnc([C@H]4CCCO4)s3)cs2)cc1. The minimum atomic E-state index is -0.156. The molecule has 1 atom stereocenters. The van der Waals surface area contributed by atoms with E-state index >= 15 is 0 Å². The number of nitrogens with zero attached hydrogens (tertiary/aromatic N) is 3. The lowest BCUT2D eigenvalue weighted by Gasteiger charge is -2.02. The van der Waals surface area contributed by atoms with Crippen LogP contribution in [-0.2, 0) is 16.0 Å². The standard InChI is InChI=1S/C18H18N4O3S2/c1-24-13-6-4-11(5-7-13)16-19-12(10-26-16)9-15(23)20-18-22-21-17(27-18)14-3-2-8-25-14/h4-7,10,14H,2-3,8-9H2,1H3,(H,20,22,23)/t14-/m1/s1. The number of thiazole rings is 1. The van der Waals surface area contributed by atoms with Crippen molar-refractivity contribution in [2.45, 2.75) is 25.4 Å². The molecule has 3 aromatic rings. The third kappa shape index (κ3) is 4.32. The maximum absolute atomic E-state index is 12.3. The Bertz CT molecular complexity index is 917. The highest BCUT2D eigenvalue weighted by molar-refractivity contribution is 7.15. The molecule has 1 N–H and O–H groups in total. The van der Waals surface area contributed by atoms with E-state index in [0.29, 0.717) is 5.13 Å². The first-order valence-corrected chi connectivity index (χ1v) is 10.2. The van der Waals surface area contributed by atoms with Crippen molar-refractivity contribution in [1.82, 2.24) is 15.2 Å². The fraction of sp³-hybridized carbons (Fsp3) is 0.333. The fourth-order valence-electron chi connectivity index (χ4n) is 2.77. The van der Waals surface area contributed by atoms with Gasteiger partial charge in [-0.05, 0) is 37.1 Å². The van der Waals surface area contributed by atoms with Gasteiger partial charge >= 0.3 is 0 Å². The van der Waals surface area contributed by atoms with E-state index in [-0.39, 0.29) is 18.4 Å². The van der Waals surface area contributed by atoms with E-state index in [1.807, 2.05) is 29.6 Å². The second-order valence-corrected chi connectivity index (χ2v) is 7.91. The summed E-state index contributed by atoms with van der Waals surface area (Å²) in [5, 5.41) is 15.0. The van der Waals surface area contributed by atoms with Crippen molar-refractivity contribution in [2.24, 2.45) is 0 Å². The molecule has 1 fully saturated rings. The Kier molecular flexibility index (Phi) is 5.42. The number of ether oxygens (including phenoxy) is 2. The van der Waals surface area contributed by atoms with Crippen molar-refractivity contribution in [3.8, 4) is 16.3 Å². The number of benzene rings is 1. The monoisotopic (exact) mass is 402 g/mol. The third-order valence-corrected chi connectivity index (χ3v) is 5.99. The molecular formula is C18H18N4O3S2. The van der Waals surface area contributed by atoms with Crippen LogP contribution in [-0.4, -0.2) is 34.8 Å². The van der Waals surface area contributed by atoms with Gasteiger partial charge in [0.1, 0.15) is 21.9 Å². The maximum Gasteiger partial charge on any atom is 0.232 e. The molecule has 1 saturated heterocycles. The molecule has 3 heterocycles. The van der Waals surface area contributed by atoms with Gasteiger partial charge in [0, 0.05) is 17.6 Å². The van der Waals surface area contributed by atoms with Gasteiger partial charge in [0.2, 0.25) is 11.0 Å². The Hall–Kier alpha value is -2.36. The van der Waals surface area contributed by atoms with E-state index in [1.165, 1.54) is 22.7 Å². The largest absolute Gasteiger partial charge is 0.497 e. The average Bonchev–Trinajstić information content (AvgIpc) is 3.43. The van der Waals surface area contributed by atoms with Gasteiger partial charge < -0.3 is 14.8 Å². The summed E-state index contributed by atoms with van der Waals surface area (Å²) >= 11 is 2.88. The van der Waals surface area contributed by atoms with E-state index in [9.17, 15) is 4.79 Å². The summed E-state index contributed by atoms with van der Waals surface area (Å²) in [6.07, 6.45) is 2.20. The van der Waals surface area contributed by atoms with Crippen molar-refractivity contribution >= 4 is 33.7 Å². The number of rotatable bonds is 6. The number of carbonyl (C=O) groups is 1. The highest BCUT2D eigenvalue weighted by atomic mass is 32.1. The zero-order chi connectivity index (χ0) is 18.6. The van der Waals surface area contributed by atoms with Crippen LogP contribution in [0.5, 0.6) is 5.75 Å². The molecule has 27 heavy (non-hydrogen) atoms. The Morgan fingerprint density at radius 3 is 2.93 bits per heavy atom. The number of methoxy groups -OCH3 is 1. The first-order valence-electron chi connectivity index (χ1n) is 8.55. The van der Waals surface area contributed by atoms with Crippen molar-refractivity contribution in [3.05, 3.63) is 40.3 Å².